The Hall–Kier alpha value is -2.34. The molecule has 0 saturated carbocycles. The Balaban J connectivity index is -0.0000000567. The van der Waals surface area contributed by atoms with Crippen LogP contribution in [0.1, 0.15) is 155 Å². The third-order valence-electron chi connectivity index (χ3n) is 5.62. The number of hydrogen-bond acceptors (Lipinski definition) is 16. The van der Waals surface area contributed by atoms with E-state index in [-0.39, 0.29) is 31.2 Å². The normalized spacial score (nSPS) is 10.3. The molecule has 1 fully saturated rings. The predicted molar refractivity (Wildman–Crippen MR) is 279 cm³/mol. The maximum atomic E-state index is 9.44. The van der Waals surface area contributed by atoms with Gasteiger partial charge in [-0.2, -0.15) is 5.26 Å². The average molecular weight is 980 g/mol. The van der Waals surface area contributed by atoms with Gasteiger partial charge in [-0.15, -0.1) is 0 Å². The van der Waals surface area contributed by atoms with E-state index < -0.39 is 0 Å². The molecule has 0 spiro atoms. The number of aliphatic hydroxyl groups excluding tert-OH is 9. The number of unbranched alkanes of at least 4 members (excludes halogenated alkanes) is 3. The van der Waals surface area contributed by atoms with E-state index in [1.807, 2.05) is 65.0 Å². The highest BCUT2D eigenvalue weighted by molar-refractivity contribution is 5.72. The van der Waals surface area contributed by atoms with Crippen LogP contribution in [0.3, 0.4) is 0 Å². The minimum Gasteiger partial charge on any atom is -0.497 e. The van der Waals surface area contributed by atoms with Gasteiger partial charge in [-0.05, 0) is 97.6 Å². The molecule has 16 heteroatoms. The number of Topliss-reactive ketones (excluding diaryl/α,β-unsaturated/α-hetero) is 1. The van der Waals surface area contributed by atoms with Crippen LogP contribution in [0.15, 0.2) is 30.3 Å². The lowest BCUT2D eigenvalue weighted by atomic mass is 10.2. The minimum absolute atomic E-state index is 0.116. The van der Waals surface area contributed by atoms with Crippen molar-refractivity contribution < 1.29 is 74.4 Å². The highest BCUT2D eigenvalue weighted by Gasteiger charge is 1.94. The second-order valence-electron chi connectivity index (χ2n) is 14.6. The lowest BCUT2D eigenvalue weighted by Crippen LogP contribution is -2.16. The van der Waals surface area contributed by atoms with Gasteiger partial charge in [-0.25, -0.2) is 0 Å². The van der Waals surface area contributed by atoms with Crippen LogP contribution in [0.25, 0.3) is 0 Å². The predicted octanol–water partition coefficient (Wildman–Crippen LogP) is 7.65. The summed E-state index contributed by atoms with van der Waals surface area (Å²) in [5, 5.41) is 80.3. The molecule has 0 aliphatic carbocycles. The Morgan fingerprint density at radius 1 is 0.642 bits per heavy atom. The number of ether oxygens (including phenoxy) is 5. The number of methoxy groups -OCH3 is 2. The zero-order valence-electron chi connectivity index (χ0n) is 46.2. The zero-order chi connectivity index (χ0) is 54.8. The molecule has 0 radical (unpaired) electrons. The number of carbonyl (C=O) groups excluding carboxylic acids is 1. The molecule has 1 unspecified atom stereocenters. The average Bonchev–Trinajstić information content (AvgIpc) is 3.30. The largest absolute Gasteiger partial charge is 0.497 e. The lowest BCUT2D eigenvalue weighted by molar-refractivity contribution is -0.115. The summed E-state index contributed by atoms with van der Waals surface area (Å²) < 4.78 is 24.0. The Bertz CT molecular complexity index is 804. The molecule has 67 heavy (non-hydrogen) atoms. The van der Waals surface area contributed by atoms with Crippen LogP contribution in [0.2, 0.25) is 0 Å². The number of ketones is 1. The van der Waals surface area contributed by atoms with E-state index in [1.165, 1.54) is 27.2 Å². The van der Waals surface area contributed by atoms with E-state index in [2.05, 4.69) is 32.4 Å². The second kappa shape index (κ2) is 106. The molecule has 1 atom stereocenters. The third kappa shape index (κ3) is 241. The first-order valence-corrected chi connectivity index (χ1v) is 23.9. The molecule has 1 heterocycles. The first-order chi connectivity index (χ1) is 31.7. The molecule has 1 aromatic carbocycles. The van der Waals surface area contributed by atoms with Gasteiger partial charge >= 0.3 is 0 Å². The minimum atomic E-state index is -0.167. The van der Waals surface area contributed by atoms with Gasteiger partial charge in [0, 0.05) is 59.8 Å². The monoisotopic (exact) mass is 980 g/mol. The maximum absolute atomic E-state index is 9.44. The molecule has 1 aliphatic heterocycles. The summed E-state index contributed by atoms with van der Waals surface area (Å²) in [6, 6.07) is 11.4. The first-order valence-electron chi connectivity index (χ1n) is 23.9. The summed E-state index contributed by atoms with van der Waals surface area (Å²) in [7, 11) is 3.21. The van der Waals surface area contributed by atoms with Gasteiger partial charge in [0.15, 0.2) is 0 Å². The number of benzene rings is 1. The van der Waals surface area contributed by atoms with E-state index in [0.29, 0.717) is 64.7 Å². The molecular weight excluding hydrogens is 867 g/mol. The molecule has 412 valence electrons. The number of para-hydroxylation sites is 1. The van der Waals surface area contributed by atoms with Crippen LogP contribution in [0, 0.1) is 23.2 Å². The number of nitrogens with zero attached hydrogens (tertiary/aromatic N) is 1. The number of nitriles is 1. The third-order valence-corrected chi connectivity index (χ3v) is 5.62. The van der Waals surface area contributed by atoms with Crippen LogP contribution >= 0.6 is 0 Å². The Morgan fingerprint density at radius 3 is 1.09 bits per heavy atom. The Morgan fingerprint density at radius 2 is 1.00 bits per heavy atom. The van der Waals surface area contributed by atoms with Crippen molar-refractivity contribution in [3.8, 4) is 11.8 Å². The van der Waals surface area contributed by atoms with Crippen molar-refractivity contribution in [3.05, 3.63) is 30.3 Å². The topological polar surface area (TPSA) is 269 Å². The van der Waals surface area contributed by atoms with Crippen molar-refractivity contribution in [3.63, 3.8) is 0 Å². The molecule has 16 nitrogen and oxygen atoms in total. The van der Waals surface area contributed by atoms with Crippen molar-refractivity contribution >= 4 is 5.78 Å². The fourth-order valence-electron chi connectivity index (χ4n) is 2.07. The highest BCUT2D eigenvalue weighted by Crippen LogP contribution is 2.05. The van der Waals surface area contributed by atoms with Gasteiger partial charge in [0.1, 0.15) is 11.5 Å². The fourth-order valence-corrected chi connectivity index (χ4v) is 2.07. The summed E-state index contributed by atoms with van der Waals surface area (Å²) in [5.74, 6) is 2.16. The molecule has 0 amide bonds. The number of aliphatic hydroxyl groups is 9. The van der Waals surface area contributed by atoms with Crippen LogP contribution in [-0.2, 0) is 23.7 Å². The first kappa shape index (κ1) is 91.0. The summed E-state index contributed by atoms with van der Waals surface area (Å²) in [6.07, 6.45) is 7.75. The van der Waals surface area contributed by atoms with Crippen molar-refractivity contribution in [1.82, 2.24) is 0 Å². The van der Waals surface area contributed by atoms with E-state index in [9.17, 15) is 4.79 Å². The van der Waals surface area contributed by atoms with Crippen molar-refractivity contribution in [2.75, 3.05) is 107 Å². The second-order valence-corrected chi connectivity index (χ2v) is 14.6. The lowest BCUT2D eigenvalue weighted by Gasteiger charge is -2.09. The van der Waals surface area contributed by atoms with Crippen molar-refractivity contribution in [2.24, 2.45) is 11.8 Å². The fraction of sp³-hybridized carbons (Fsp3) is 0.843. The summed E-state index contributed by atoms with van der Waals surface area (Å²) in [5.41, 5.74) is 0. The summed E-state index contributed by atoms with van der Waals surface area (Å²) in [6.45, 7) is 34.4. The smallest absolute Gasteiger partial charge is 0.126 e. The molecule has 1 saturated heterocycles. The Labute approximate surface area is 412 Å². The van der Waals surface area contributed by atoms with E-state index >= 15 is 0 Å². The van der Waals surface area contributed by atoms with Crippen molar-refractivity contribution in [1.29, 1.82) is 5.26 Å². The van der Waals surface area contributed by atoms with Crippen LogP contribution < -0.4 is 4.74 Å². The summed E-state index contributed by atoms with van der Waals surface area (Å²) >= 11 is 0. The van der Waals surface area contributed by atoms with Crippen molar-refractivity contribution in [2.45, 2.75) is 167 Å². The zero-order valence-corrected chi connectivity index (χ0v) is 46.2. The molecule has 2 rings (SSSR count). The Kier molecular flexibility index (Phi) is 143. The van der Waals surface area contributed by atoms with E-state index in [4.69, 9.17) is 70.2 Å². The number of carbonyl (C=O) groups is 1. The van der Waals surface area contributed by atoms with Crippen LogP contribution in [0.5, 0.6) is 5.75 Å². The number of hydrogen-bond donors (Lipinski definition) is 9. The van der Waals surface area contributed by atoms with Gasteiger partial charge < -0.3 is 74.4 Å². The molecule has 1 aliphatic rings. The molecule has 0 aromatic heterocycles. The molecule has 1 aromatic rings. The molecular formula is C51H113NO15. The van der Waals surface area contributed by atoms with Gasteiger partial charge in [-0.3, -0.25) is 0 Å². The summed E-state index contributed by atoms with van der Waals surface area (Å²) in [4.78, 5) is 9.44. The van der Waals surface area contributed by atoms with Gasteiger partial charge in [0.05, 0.1) is 72.1 Å². The quantitative estimate of drug-likeness (QED) is 0.0720. The van der Waals surface area contributed by atoms with Crippen LogP contribution in [0.4, 0.5) is 0 Å². The van der Waals surface area contributed by atoms with Crippen LogP contribution in [-0.4, -0.2) is 171 Å². The van der Waals surface area contributed by atoms with Gasteiger partial charge in [0.25, 0.3) is 0 Å². The van der Waals surface area contributed by atoms with E-state index in [1.54, 1.807) is 41.1 Å². The standard InChI is InChI=1S/C7H8O.2C5H12O.C4H8O2.C4H10O2.3C4H10O.C3H8O2.C3H8O.C3H6O.C3H8O.C2H3N/c1-8-7-5-3-2-4-6-7;1-5(2)3-4-6;1-2-3-4-5-6;1-2-6-4-3-5-1;1-2-6-4-3-5;1-4(2)3-5;1-3-4(2)5;1-2-3-4-5;1-5-3-2-4;2*1-3(2)4;1-2-3-4;1-2-3/h2-6H,1H3;5-6H,3-4H2,1-2H3;6H,2-5H2,1H3;1-4H2;5H,2-4H2,1H3;2*4-5H,3H2,1-2H3;5H,2-4H2,1H3;4H,2-3H2,1H3;3-4H,1-2H3;1-2H3;4H,2-3H2,1H3;1H3. The van der Waals surface area contributed by atoms with E-state index in [0.717, 1.165) is 77.1 Å². The van der Waals surface area contributed by atoms with Gasteiger partial charge in [-0.1, -0.05) is 92.9 Å². The maximum Gasteiger partial charge on any atom is 0.126 e. The molecule has 9 N–H and O–H groups in total. The molecule has 0 bridgehead atoms. The van der Waals surface area contributed by atoms with Gasteiger partial charge in [0.2, 0.25) is 0 Å². The highest BCUT2D eigenvalue weighted by atomic mass is 16.6. The SMILES string of the molecule is C1COCCO1.CC#N.CC(C)=O.CC(C)CCO.CC(C)CO.CC(C)O.CCC(C)O.CCCCCO.CCCCO.CCCO.CCOCCO.COCCO.COc1ccccc1. The number of rotatable bonds is 16.